The summed E-state index contributed by atoms with van der Waals surface area (Å²) < 4.78 is 25.4. The molecule has 0 saturated carbocycles. The molecule has 0 aliphatic carbocycles. The molecule has 1 aliphatic heterocycles. The van der Waals surface area contributed by atoms with Gasteiger partial charge in [-0.1, -0.05) is 59.6 Å². The molecule has 3 aromatic rings. The number of likely N-dealkylation sites (tertiary alicyclic amines) is 1. The highest BCUT2D eigenvalue weighted by atomic mass is 35.5. The lowest BCUT2D eigenvalue weighted by Crippen LogP contribution is -2.44. The van der Waals surface area contributed by atoms with Gasteiger partial charge in [-0.25, -0.2) is 13.2 Å². The lowest BCUT2D eigenvalue weighted by molar-refractivity contribution is 0.0697. The Hall–Kier alpha value is -2.35. The van der Waals surface area contributed by atoms with Crippen molar-refractivity contribution >= 4 is 56.3 Å². The van der Waals surface area contributed by atoms with Crippen LogP contribution in [0, 0.1) is 0 Å². The Kier molecular flexibility index (Phi) is 8.11. The number of carboxylic acids is 1. The summed E-state index contributed by atoms with van der Waals surface area (Å²) in [6.07, 6.45) is 1.15. The summed E-state index contributed by atoms with van der Waals surface area (Å²) in [7, 11) is -3.59. The molecule has 4 rings (SSSR count). The van der Waals surface area contributed by atoms with Crippen LogP contribution in [0.1, 0.15) is 33.1 Å². The molecular formula is C25H22Cl3NO4S. The molecule has 1 aliphatic rings. The number of benzene rings is 3. The van der Waals surface area contributed by atoms with Crippen molar-refractivity contribution in [1.82, 2.24) is 4.90 Å². The van der Waals surface area contributed by atoms with Gasteiger partial charge < -0.3 is 5.11 Å². The van der Waals surface area contributed by atoms with E-state index in [1.54, 1.807) is 12.1 Å². The third-order valence-electron chi connectivity index (χ3n) is 5.59. The Morgan fingerprint density at radius 3 is 1.79 bits per heavy atom. The molecule has 178 valence electrons. The number of hydrogen-bond donors (Lipinski definition) is 1. The third-order valence-corrected chi connectivity index (χ3v) is 7.36. The number of aromatic carboxylic acids is 1. The predicted octanol–water partition coefficient (Wildman–Crippen LogP) is 5.97. The highest BCUT2D eigenvalue weighted by Crippen LogP contribution is 2.38. The average Bonchev–Trinajstić information content (AvgIpc) is 2.73. The van der Waals surface area contributed by atoms with Gasteiger partial charge in [-0.05, 0) is 58.7 Å². The van der Waals surface area contributed by atoms with E-state index in [4.69, 9.17) is 23.2 Å². The summed E-state index contributed by atoms with van der Waals surface area (Å²) >= 11 is 12.2. The Morgan fingerprint density at radius 1 is 0.882 bits per heavy atom. The molecule has 1 heterocycles. The van der Waals surface area contributed by atoms with Gasteiger partial charge in [-0.2, -0.15) is 0 Å². The van der Waals surface area contributed by atoms with Crippen LogP contribution in [0.25, 0.3) is 4.91 Å². The molecular weight excluding hydrogens is 517 g/mol. The quantitative estimate of drug-likeness (QED) is 0.418. The van der Waals surface area contributed by atoms with E-state index in [9.17, 15) is 18.3 Å². The van der Waals surface area contributed by atoms with Gasteiger partial charge in [0.1, 0.15) is 0 Å². The number of carbonyl (C=O) groups is 1. The highest BCUT2D eigenvalue weighted by Gasteiger charge is 2.34. The zero-order valence-corrected chi connectivity index (χ0v) is 21.3. The zero-order chi connectivity index (χ0) is 23.8. The number of carboxylic acid groups (broad SMARTS) is 1. The maximum absolute atomic E-state index is 12.7. The normalized spacial score (nSPS) is 13.8. The van der Waals surface area contributed by atoms with E-state index in [1.165, 1.54) is 12.1 Å². The Balaban J connectivity index is 0.00000324. The van der Waals surface area contributed by atoms with Gasteiger partial charge in [0.05, 0.1) is 16.5 Å². The Morgan fingerprint density at radius 2 is 1.35 bits per heavy atom. The van der Waals surface area contributed by atoms with E-state index in [0.717, 1.165) is 23.0 Å². The molecule has 3 aromatic carbocycles. The van der Waals surface area contributed by atoms with E-state index in [1.807, 2.05) is 48.5 Å². The summed E-state index contributed by atoms with van der Waals surface area (Å²) in [5.74, 6) is -1.10. The number of sulfone groups is 1. The van der Waals surface area contributed by atoms with E-state index >= 15 is 0 Å². The van der Waals surface area contributed by atoms with Crippen molar-refractivity contribution in [2.75, 3.05) is 19.3 Å². The molecule has 1 N–H and O–H groups in total. The molecule has 0 bridgehead atoms. The van der Waals surface area contributed by atoms with Crippen LogP contribution in [-0.2, 0) is 9.84 Å². The van der Waals surface area contributed by atoms with Crippen LogP contribution in [0.15, 0.2) is 78.4 Å². The third kappa shape index (κ3) is 5.65. The molecule has 0 amide bonds. The van der Waals surface area contributed by atoms with Gasteiger partial charge in [-0.3, -0.25) is 4.90 Å². The van der Waals surface area contributed by atoms with E-state index in [2.05, 4.69) is 4.90 Å². The summed E-state index contributed by atoms with van der Waals surface area (Å²) in [6.45, 7) is 0.852. The summed E-state index contributed by atoms with van der Waals surface area (Å²) in [4.78, 5) is 13.7. The van der Waals surface area contributed by atoms with Gasteiger partial charge in [0.25, 0.3) is 0 Å². The van der Waals surface area contributed by atoms with Crippen LogP contribution in [0.2, 0.25) is 10.0 Å². The van der Waals surface area contributed by atoms with E-state index < -0.39 is 15.8 Å². The maximum Gasteiger partial charge on any atom is 0.335 e. The molecule has 0 atom stereocenters. The fraction of sp³-hybridized carbons (Fsp3) is 0.160. The molecule has 34 heavy (non-hydrogen) atoms. The number of rotatable bonds is 6. The summed E-state index contributed by atoms with van der Waals surface area (Å²) in [6, 6.07) is 21.1. The van der Waals surface area contributed by atoms with Crippen LogP contribution in [0.3, 0.4) is 0 Å². The average molecular weight is 539 g/mol. The first-order valence-corrected chi connectivity index (χ1v) is 12.8. The minimum atomic E-state index is -3.59. The van der Waals surface area contributed by atoms with Gasteiger partial charge in [-0.15, -0.1) is 12.4 Å². The molecule has 0 radical (unpaired) electrons. The SMILES string of the molecule is CS(=O)(=O)C(=C1CN(C(c2ccc(Cl)cc2)c2ccc(Cl)cc2)C1)c1cccc(C(=O)O)c1.Cl. The first kappa shape index (κ1) is 26.3. The van der Waals surface area contributed by atoms with Gasteiger partial charge in [0.15, 0.2) is 9.84 Å². The molecule has 0 spiro atoms. The lowest BCUT2D eigenvalue weighted by atomic mass is 9.92. The fourth-order valence-corrected chi connectivity index (χ4v) is 5.61. The first-order valence-electron chi connectivity index (χ1n) is 10.1. The Bertz CT molecular complexity index is 1280. The lowest BCUT2D eigenvalue weighted by Gasteiger charge is -2.42. The first-order chi connectivity index (χ1) is 15.6. The molecule has 0 unspecified atom stereocenters. The molecule has 9 heteroatoms. The van der Waals surface area contributed by atoms with Crippen molar-refractivity contribution in [2.45, 2.75) is 6.04 Å². The zero-order valence-electron chi connectivity index (χ0n) is 18.1. The van der Waals surface area contributed by atoms with Crippen LogP contribution in [0.4, 0.5) is 0 Å². The molecule has 1 saturated heterocycles. The van der Waals surface area contributed by atoms with Gasteiger partial charge in [0, 0.05) is 29.4 Å². The van der Waals surface area contributed by atoms with E-state index in [0.29, 0.717) is 28.7 Å². The van der Waals surface area contributed by atoms with Gasteiger partial charge in [0.2, 0.25) is 0 Å². The van der Waals surface area contributed by atoms with Gasteiger partial charge >= 0.3 is 5.97 Å². The highest BCUT2D eigenvalue weighted by molar-refractivity contribution is 8.00. The maximum atomic E-state index is 12.7. The van der Waals surface area contributed by atoms with Crippen LogP contribution < -0.4 is 0 Å². The smallest absolute Gasteiger partial charge is 0.335 e. The Labute approximate surface area is 215 Å². The van der Waals surface area contributed by atoms with Crippen molar-refractivity contribution in [2.24, 2.45) is 0 Å². The van der Waals surface area contributed by atoms with E-state index in [-0.39, 0.29) is 28.9 Å². The van der Waals surface area contributed by atoms with Crippen LogP contribution in [0.5, 0.6) is 0 Å². The molecule has 5 nitrogen and oxygen atoms in total. The second-order valence-electron chi connectivity index (χ2n) is 8.00. The standard InChI is InChI=1S/C25H21Cl2NO4S.ClH/c1-33(31,32)24(18-3-2-4-19(13-18)25(29)30)20-14-28(15-20)23(16-5-9-21(26)10-6-16)17-7-11-22(27)12-8-17;/h2-13,23H,14-15H2,1H3,(H,29,30);1H. The molecule has 0 aromatic heterocycles. The second-order valence-corrected chi connectivity index (χ2v) is 10.8. The minimum absolute atomic E-state index is 0. The van der Waals surface area contributed by atoms with Crippen molar-refractivity contribution in [3.8, 4) is 0 Å². The van der Waals surface area contributed by atoms with Crippen LogP contribution >= 0.6 is 35.6 Å². The number of hydrogen-bond acceptors (Lipinski definition) is 4. The monoisotopic (exact) mass is 537 g/mol. The van der Waals surface area contributed by atoms with Crippen molar-refractivity contribution < 1.29 is 18.3 Å². The largest absolute Gasteiger partial charge is 0.478 e. The predicted molar refractivity (Wildman–Crippen MR) is 139 cm³/mol. The van der Waals surface area contributed by atoms with Crippen molar-refractivity contribution in [1.29, 1.82) is 0 Å². The van der Waals surface area contributed by atoms with Crippen molar-refractivity contribution in [3.63, 3.8) is 0 Å². The van der Waals surface area contributed by atoms with Crippen molar-refractivity contribution in [3.05, 3.63) is 111 Å². The summed E-state index contributed by atoms with van der Waals surface area (Å²) in [5.41, 5.74) is 3.23. The topological polar surface area (TPSA) is 74.7 Å². The fourth-order valence-electron chi connectivity index (χ4n) is 4.15. The van der Waals surface area contributed by atoms with Crippen LogP contribution in [-0.4, -0.2) is 43.7 Å². The minimum Gasteiger partial charge on any atom is -0.478 e. The molecule has 1 fully saturated rings. The number of halogens is 3. The summed E-state index contributed by atoms with van der Waals surface area (Å²) in [5, 5.41) is 10.6. The second kappa shape index (κ2) is 10.5. The number of nitrogens with zero attached hydrogens (tertiary/aromatic N) is 1.